The Labute approximate surface area is 333 Å². The molecule has 5 heteroatoms. The van der Waals surface area contributed by atoms with E-state index in [1.807, 2.05) is 48.5 Å². The molecule has 0 aliphatic carbocycles. The second-order valence-corrected chi connectivity index (χ2v) is 14.8. The van der Waals surface area contributed by atoms with Crippen molar-refractivity contribution in [3.8, 4) is 34.6 Å². The zero-order chi connectivity index (χ0) is 39.1. The molecule has 0 atom stereocenters. The number of hydrogen-bond acceptors (Lipinski definition) is 3. The molecule has 0 aliphatic heterocycles. The summed E-state index contributed by atoms with van der Waals surface area (Å²) in [5.74, 6) is 0. The van der Waals surface area contributed by atoms with Gasteiger partial charge >= 0.3 is 0 Å². The fraction of sp³-hybridized carbons (Fsp3) is 0.0189. The Morgan fingerprint density at radius 3 is 1.88 bits per heavy atom. The van der Waals surface area contributed by atoms with Crippen LogP contribution in [0.15, 0.2) is 169 Å². The lowest BCUT2D eigenvalue weighted by atomic mass is 9.99. The Morgan fingerprint density at radius 1 is 0.534 bits per heavy atom. The Hall–Kier alpha value is -8.12. The van der Waals surface area contributed by atoms with Crippen LogP contribution in [0.25, 0.3) is 105 Å². The highest BCUT2D eigenvalue weighted by molar-refractivity contribution is 6.22. The van der Waals surface area contributed by atoms with Crippen LogP contribution in [0, 0.1) is 29.6 Å². The SMILES string of the molecule is C=C/C=C\c1c(C)ccc2c1c1ccccc1n2-c1cc(C#N)c(-n2c3ccc(-c4ccc5oc6ccccc6c5c4)cc3c3c4ccccc4ccc32)cc1C#N. The van der Waals surface area contributed by atoms with Gasteiger partial charge in [0.25, 0.3) is 0 Å². The van der Waals surface area contributed by atoms with Gasteiger partial charge in [-0.1, -0.05) is 110 Å². The van der Waals surface area contributed by atoms with Crippen molar-refractivity contribution in [2.75, 3.05) is 0 Å². The first-order valence-electron chi connectivity index (χ1n) is 19.2. The Morgan fingerprint density at radius 2 is 1.12 bits per heavy atom. The molecule has 3 aromatic heterocycles. The maximum Gasteiger partial charge on any atom is 0.135 e. The number of nitriles is 2. The summed E-state index contributed by atoms with van der Waals surface area (Å²) in [6, 6.07) is 55.1. The minimum atomic E-state index is 0.465. The minimum absolute atomic E-state index is 0.465. The van der Waals surface area contributed by atoms with Crippen molar-refractivity contribution in [1.82, 2.24) is 9.13 Å². The fourth-order valence-corrected chi connectivity index (χ4v) is 9.09. The summed E-state index contributed by atoms with van der Waals surface area (Å²) in [5, 5.41) is 30.6. The first kappa shape index (κ1) is 33.2. The van der Waals surface area contributed by atoms with Crippen LogP contribution in [0.1, 0.15) is 22.3 Å². The fourth-order valence-electron chi connectivity index (χ4n) is 9.09. The molecule has 0 amide bonds. The van der Waals surface area contributed by atoms with E-state index < -0.39 is 0 Å². The highest BCUT2D eigenvalue weighted by atomic mass is 16.3. The molecule has 0 radical (unpaired) electrons. The van der Waals surface area contributed by atoms with Crippen molar-refractivity contribution in [2.24, 2.45) is 0 Å². The molecule has 11 rings (SSSR count). The van der Waals surface area contributed by atoms with E-state index in [2.05, 4.69) is 144 Å². The third kappa shape index (κ3) is 4.75. The number of para-hydroxylation sites is 2. The second kappa shape index (κ2) is 12.7. The Bertz CT molecular complexity index is 3690. The normalized spacial score (nSPS) is 11.8. The third-order valence-electron chi connectivity index (χ3n) is 11.7. The molecule has 0 unspecified atom stereocenters. The van der Waals surface area contributed by atoms with Crippen molar-refractivity contribution in [3.05, 3.63) is 187 Å². The highest BCUT2D eigenvalue weighted by Gasteiger charge is 2.23. The van der Waals surface area contributed by atoms with Crippen LogP contribution in [-0.4, -0.2) is 9.13 Å². The molecular weight excluding hydrogens is 709 g/mol. The first-order valence-corrected chi connectivity index (χ1v) is 19.2. The van der Waals surface area contributed by atoms with Gasteiger partial charge in [-0.3, -0.25) is 0 Å². The minimum Gasteiger partial charge on any atom is -0.456 e. The van der Waals surface area contributed by atoms with Gasteiger partial charge in [0.05, 0.1) is 44.6 Å². The number of benzene rings is 8. The molecule has 8 aromatic carbocycles. The number of hydrogen-bond donors (Lipinski definition) is 0. The van der Waals surface area contributed by atoms with E-state index in [-0.39, 0.29) is 0 Å². The average Bonchev–Trinajstić information content (AvgIpc) is 3.93. The van der Waals surface area contributed by atoms with Crippen molar-refractivity contribution in [3.63, 3.8) is 0 Å². The molecular formula is C53H32N4O. The lowest BCUT2D eigenvalue weighted by molar-refractivity contribution is 0.669. The summed E-state index contributed by atoms with van der Waals surface area (Å²) < 4.78 is 10.4. The lowest BCUT2D eigenvalue weighted by Crippen LogP contribution is -2.04. The quantitative estimate of drug-likeness (QED) is 0.165. The van der Waals surface area contributed by atoms with E-state index in [0.29, 0.717) is 22.5 Å². The smallest absolute Gasteiger partial charge is 0.135 e. The van der Waals surface area contributed by atoms with Crippen molar-refractivity contribution in [1.29, 1.82) is 10.5 Å². The number of aromatic nitrogens is 2. The van der Waals surface area contributed by atoms with Gasteiger partial charge < -0.3 is 13.6 Å². The number of furan rings is 1. The van der Waals surface area contributed by atoms with Crippen molar-refractivity contribution >= 4 is 82.4 Å². The molecule has 0 spiro atoms. The van der Waals surface area contributed by atoms with Gasteiger partial charge in [0.15, 0.2) is 0 Å². The largest absolute Gasteiger partial charge is 0.456 e. The molecule has 3 heterocycles. The Kier molecular flexibility index (Phi) is 7.29. The molecule has 0 fully saturated rings. The number of nitrogens with zero attached hydrogens (tertiary/aromatic N) is 4. The third-order valence-corrected chi connectivity index (χ3v) is 11.7. The average molecular weight is 741 g/mol. The summed E-state index contributed by atoms with van der Waals surface area (Å²) >= 11 is 0. The van der Waals surface area contributed by atoms with Gasteiger partial charge in [-0.15, -0.1) is 0 Å². The van der Waals surface area contributed by atoms with E-state index in [4.69, 9.17) is 4.42 Å². The van der Waals surface area contributed by atoms with Gasteiger partial charge in [-0.2, -0.15) is 10.5 Å². The van der Waals surface area contributed by atoms with Crippen molar-refractivity contribution < 1.29 is 4.42 Å². The monoisotopic (exact) mass is 740 g/mol. The number of fused-ring (bicyclic) bond motifs is 11. The van der Waals surface area contributed by atoms with Crippen LogP contribution >= 0.6 is 0 Å². The van der Waals surface area contributed by atoms with E-state index in [0.717, 1.165) is 98.6 Å². The summed E-state index contributed by atoms with van der Waals surface area (Å²) in [6.45, 7) is 6.00. The van der Waals surface area contributed by atoms with Gasteiger partial charge in [-0.25, -0.2) is 0 Å². The maximum atomic E-state index is 11.0. The van der Waals surface area contributed by atoms with E-state index in [1.165, 1.54) is 0 Å². The molecule has 0 N–H and O–H groups in total. The molecule has 0 aliphatic rings. The van der Waals surface area contributed by atoms with Crippen LogP contribution in [0.3, 0.4) is 0 Å². The van der Waals surface area contributed by atoms with Gasteiger partial charge in [0.2, 0.25) is 0 Å². The maximum absolute atomic E-state index is 11.0. The zero-order valence-electron chi connectivity index (χ0n) is 31.5. The summed E-state index contributed by atoms with van der Waals surface area (Å²) in [7, 11) is 0. The van der Waals surface area contributed by atoms with E-state index in [1.54, 1.807) is 6.08 Å². The molecule has 58 heavy (non-hydrogen) atoms. The number of allylic oxidation sites excluding steroid dienone is 2. The van der Waals surface area contributed by atoms with E-state index in [9.17, 15) is 10.5 Å². The van der Waals surface area contributed by atoms with Gasteiger partial charge in [0, 0.05) is 32.3 Å². The van der Waals surface area contributed by atoms with Crippen LogP contribution in [0.4, 0.5) is 0 Å². The summed E-state index contributed by atoms with van der Waals surface area (Å²) in [4.78, 5) is 0. The predicted molar refractivity (Wildman–Crippen MR) is 239 cm³/mol. The van der Waals surface area contributed by atoms with Crippen LogP contribution in [0.5, 0.6) is 0 Å². The summed E-state index contributed by atoms with van der Waals surface area (Å²) in [6.07, 6.45) is 5.82. The molecule has 0 saturated carbocycles. The molecule has 11 aromatic rings. The lowest BCUT2D eigenvalue weighted by Gasteiger charge is -2.16. The van der Waals surface area contributed by atoms with Crippen LogP contribution in [-0.2, 0) is 0 Å². The summed E-state index contributed by atoms with van der Waals surface area (Å²) in [5.41, 5.74) is 12.2. The van der Waals surface area contributed by atoms with Crippen LogP contribution in [0.2, 0.25) is 0 Å². The van der Waals surface area contributed by atoms with Crippen molar-refractivity contribution in [2.45, 2.75) is 6.92 Å². The standard InChI is InChI=1S/C53H32N4O/c1-3-4-12-38-32(2)18-22-46-52(38)41-15-7-9-16-44(41)56(46)48-28-37(31-55)49(29-36(48)30-54)57-45-23-20-34(27-43(45)53-39-13-6-5-11-33(39)19-24-47(53)57)35-21-25-51-42(26-35)40-14-8-10-17-50(40)58-51/h3-29H,1H2,2H3/b12-4-. The molecule has 0 bridgehead atoms. The molecule has 270 valence electrons. The zero-order valence-corrected chi connectivity index (χ0v) is 31.5. The first-order chi connectivity index (χ1) is 28.6. The van der Waals surface area contributed by atoms with E-state index >= 15 is 0 Å². The van der Waals surface area contributed by atoms with Crippen LogP contribution < -0.4 is 0 Å². The molecule has 0 saturated heterocycles. The Balaban J connectivity index is 1.18. The van der Waals surface area contributed by atoms with Gasteiger partial charge in [-0.05, 0) is 101 Å². The topological polar surface area (TPSA) is 70.6 Å². The second-order valence-electron chi connectivity index (χ2n) is 14.8. The molecule has 5 nitrogen and oxygen atoms in total. The number of rotatable bonds is 5. The van der Waals surface area contributed by atoms with Gasteiger partial charge in [0.1, 0.15) is 23.3 Å². The highest BCUT2D eigenvalue weighted by Crippen LogP contribution is 2.42. The predicted octanol–water partition coefficient (Wildman–Crippen LogP) is 13.9. The number of aryl methyl sites for hydroxylation is 1.